The van der Waals surface area contributed by atoms with Crippen molar-refractivity contribution in [1.29, 1.82) is 0 Å². The molecule has 4 heterocycles. The van der Waals surface area contributed by atoms with Crippen molar-refractivity contribution in [3.63, 3.8) is 0 Å². The van der Waals surface area contributed by atoms with Crippen molar-refractivity contribution in [3.8, 4) is 5.82 Å². The normalized spacial score (nSPS) is 15.2. The predicted molar refractivity (Wildman–Crippen MR) is 114 cm³/mol. The third-order valence-corrected chi connectivity index (χ3v) is 5.75. The molecule has 0 radical (unpaired) electrons. The smallest absolute Gasteiger partial charge is 0.151 e. The van der Waals surface area contributed by atoms with Crippen LogP contribution < -0.4 is 5.32 Å². The van der Waals surface area contributed by atoms with E-state index >= 15 is 0 Å². The third kappa shape index (κ3) is 3.90. The van der Waals surface area contributed by atoms with Crippen molar-refractivity contribution < 1.29 is 4.74 Å². The zero-order valence-corrected chi connectivity index (χ0v) is 17.9. The lowest BCUT2D eigenvalue weighted by molar-refractivity contribution is 0.0378. The first-order chi connectivity index (χ1) is 13.6. The molecule has 3 aromatic heterocycles. The highest BCUT2D eigenvalue weighted by Gasteiger charge is 2.18. The van der Waals surface area contributed by atoms with Crippen LogP contribution in [-0.4, -0.2) is 63.8 Å². The predicted octanol–water partition coefficient (Wildman–Crippen LogP) is 3.33. The molecular weight excluding hydrogens is 420 g/mol. The van der Waals surface area contributed by atoms with Crippen molar-refractivity contribution in [2.45, 2.75) is 20.3 Å². The summed E-state index contributed by atoms with van der Waals surface area (Å²) in [5, 5.41) is 4.58. The lowest BCUT2D eigenvalue weighted by Crippen LogP contribution is -2.37. The second-order valence-corrected chi connectivity index (χ2v) is 7.95. The molecule has 28 heavy (non-hydrogen) atoms. The summed E-state index contributed by atoms with van der Waals surface area (Å²) in [6.45, 7) is 9.92. The van der Waals surface area contributed by atoms with Gasteiger partial charge in [0.1, 0.15) is 18.0 Å². The van der Waals surface area contributed by atoms with Gasteiger partial charge < -0.3 is 10.1 Å². The van der Waals surface area contributed by atoms with Gasteiger partial charge in [0.2, 0.25) is 0 Å². The minimum atomic E-state index is 0.843. The fraction of sp³-hybridized carbons (Fsp3) is 0.450. The summed E-state index contributed by atoms with van der Waals surface area (Å²) in [5.41, 5.74) is 3.19. The molecule has 4 rings (SSSR count). The Balaban J connectivity index is 1.54. The van der Waals surface area contributed by atoms with Crippen LogP contribution in [0.3, 0.4) is 0 Å². The van der Waals surface area contributed by atoms with Gasteiger partial charge in [-0.15, -0.1) is 0 Å². The summed E-state index contributed by atoms with van der Waals surface area (Å²) in [6, 6.07) is 3.99. The molecule has 0 aromatic carbocycles. The summed E-state index contributed by atoms with van der Waals surface area (Å²) in [7, 11) is 0. The van der Waals surface area contributed by atoms with Crippen molar-refractivity contribution in [2.75, 3.05) is 44.7 Å². The molecule has 1 fully saturated rings. The fourth-order valence-electron chi connectivity index (χ4n) is 3.65. The second kappa shape index (κ2) is 8.55. The molecule has 0 spiro atoms. The molecule has 1 N–H and O–H groups in total. The number of hydrogen-bond acceptors (Lipinski definition) is 6. The van der Waals surface area contributed by atoms with Crippen LogP contribution in [0.15, 0.2) is 29.1 Å². The summed E-state index contributed by atoms with van der Waals surface area (Å²) in [6.07, 6.45) is 4.50. The molecule has 1 aliphatic rings. The molecule has 148 valence electrons. The number of hydrogen-bond donors (Lipinski definition) is 1. The molecule has 0 unspecified atom stereocenters. The minimum absolute atomic E-state index is 0.843. The summed E-state index contributed by atoms with van der Waals surface area (Å²) in [4.78, 5) is 16.1. The quantitative estimate of drug-likeness (QED) is 0.588. The van der Waals surface area contributed by atoms with Crippen LogP contribution in [0.4, 0.5) is 5.82 Å². The molecule has 3 aromatic rings. The number of halogens is 1. The van der Waals surface area contributed by atoms with E-state index in [9.17, 15) is 0 Å². The SMILES string of the molecule is Cc1c(C)n(-c2ccc(Br)cn2)c2ncnc(NCCCN3CCOCC3)c12. The van der Waals surface area contributed by atoms with E-state index in [1.54, 1.807) is 6.33 Å². The maximum absolute atomic E-state index is 5.41. The van der Waals surface area contributed by atoms with Gasteiger partial charge in [0.15, 0.2) is 5.65 Å². The molecule has 7 nitrogen and oxygen atoms in total. The number of nitrogens with one attached hydrogen (secondary N) is 1. The number of morpholine rings is 1. The number of ether oxygens (including phenoxy) is 1. The fourth-order valence-corrected chi connectivity index (χ4v) is 3.88. The van der Waals surface area contributed by atoms with Gasteiger partial charge in [0.25, 0.3) is 0 Å². The Kier molecular flexibility index (Phi) is 5.89. The maximum atomic E-state index is 5.41. The average molecular weight is 445 g/mol. The van der Waals surface area contributed by atoms with Crippen LogP contribution in [0.1, 0.15) is 17.7 Å². The first-order valence-corrected chi connectivity index (χ1v) is 10.4. The van der Waals surface area contributed by atoms with Gasteiger partial charge >= 0.3 is 0 Å². The number of nitrogens with zero attached hydrogens (tertiary/aromatic N) is 5. The summed E-state index contributed by atoms with van der Waals surface area (Å²) >= 11 is 3.45. The van der Waals surface area contributed by atoms with E-state index in [0.29, 0.717) is 0 Å². The number of aromatic nitrogens is 4. The largest absolute Gasteiger partial charge is 0.379 e. The monoisotopic (exact) mass is 444 g/mol. The van der Waals surface area contributed by atoms with Gasteiger partial charge in [-0.3, -0.25) is 9.47 Å². The standard InChI is InChI=1S/C20H25BrN6O/c1-14-15(2)27(17-5-4-16(21)12-23-17)20-18(14)19(24-13-25-20)22-6-3-7-26-8-10-28-11-9-26/h4-5,12-13H,3,6-11H2,1-2H3,(H,22,24,25). The molecule has 0 amide bonds. The lowest BCUT2D eigenvalue weighted by atomic mass is 10.2. The van der Waals surface area contributed by atoms with E-state index in [0.717, 1.165) is 78.6 Å². The van der Waals surface area contributed by atoms with Gasteiger partial charge in [-0.05, 0) is 60.4 Å². The molecule has 0 aliphatic carbocycles. The van der Waals surface area contributed by atoms with E-state index in [-0.39, 0.29) is 0 Å². The van der Waals surface area contributed by atoms with Gasteiger partial charge in [-0.25, -0.2) is 15.0 Å². The third-order valence-electron chi connectivity index (χ3n) is 5.28. The van der Waals surface area contributed by atoms with Crippen molar-refractivity contribution in [2.24, 2.45) is 0 Å². The van der Waals surface area contributed by atoms with E-state index in [1.165, 1.54) is 5.56 Å². The van der Waals surface area contributed by atoms with Crippen molar-refractivity contribution >= 4 is 32.8 Å². The number of aryl methyl sites for hydroxylation is 1. The van der Waals surface area contributed by atoms with Gasteiger partial charge in [-0.1, -0.05) is 0 Å². The average Bonchev–Trinajstić information content (AvgIpc) is 2.98. The van der Waals surface area contributed by atoms with Crippen LogP contribution in [0.25, 0.3) is 16.9 Å². The number of pyridine rings is 1. The highest BCUT2D eigenvalue weighted by molar-refractivity contribution is 9.10. The zero-order chi connectivity index (χ0) is 19.5. The second-order valence-electron chi connectivity index (χ2n) is 7.04. The minimum Gasteiger partial charge on any atom is -0.379 e. The first kappa shape index (κ1) is 19.3. The van der Waals surface area contributed by atoms with Gasteiger partial charge in [0.05, 0.1) is 18.6 Å². The van der Waals surface area contributed by atoms with Crippen molar-refractivity contribution in [1.82, 2.24) is 24.4 Å². The van der Waals surface area contributed by atoms with Crippen LogP contribution in [-0.2, 0) is 4.74 Å². The van der Waals surface area contributed by atoms with Gasteiger partial charge in [0, 0.05) is 36.0 Å². The van der Waals surface area contributed by atoms with Crippen LogP contribution in [0.2, 0.25) is 0 Å². The Morgan fingerprint density at radius 1 is 1.14 bits per heavy atom. The molecular formula is C20H25BrN6O. The molecule has 0 atom stereocenters. The Morgan fingerprint density at radius 2 is 1.96 bits per heavy atom. The van der Waals surface area contributed by atoms with Crippen LogP contribution >= 0.6 is 15.9 Å². The molecule has 0 saturated carbocycles. The number of anilines is 1. The molecule has 1 saturated heterocycles. The Labute approximate surface area is 173 Å². The zero-order valence-electron chi connectivity index (χ0n) is 16.3. The highest BCUT2D eigenvalue weighted by atomic mass is 79.9. The lowest BCUT2D eigenvalue weighted by Gasteiger charge is -2.26. The van der Waals surface area contributed by atoms with Crippen LogP contribution in [0, 0.1) is 13.8 Å². The summed E-state index contributed by atoms with van der Waals surface area (Å²) in [5.74, 6) is 1.75. The Morgan fingerprint density at radius 3 is 2.71 bits per heavy atom. The Hall–Kier alpha value is -2.03. The number of fused-ring (bicyclic) bond motifs is 1. The number of rotatable bonds is 6. The van der Waals surface area contributed by atoms with Crippen molar-refractivity contribution in [3.05, 3.63) is 40.4 Å². The Bertz CT molecular complexity index is 949. The van der Waals surface area contributed by atoms with E-state index in [2.05, 4.69) is 59.5 Å². The van der Waals surface area contributed by atoms with Crippen LogP contribution in [0.5, 0.6) is 0 Å². The topological polar surface area (TPSA) is 68.1 Å². The van der Waals surface area contributed by atoms with Gasteiger partial charge in [-0.2, -0.15) is 0 Å². The first-order valence-electron chi connectivity index (χ1n) is 9.63. The molecule has 1 aliphatic heterocycles. The highest BCUT2D eigenvalue weighted by Crippen LogP contribution is 2.30. The molecule has 8 heteroatoms. The summed E-state index contributed by atoms with van der Waals surface area (Å²) < 4.78 is 8.46. The molecule has 0 bridgehead atoms. The maximum Gasteiger partial charge on any atom is 0.151 e. The van der Waals surface area contributed by atoms with E-state index < -0.39 is 0 Å². The van der Waals surface area contributed by atoms with E-state index in [4.69, 9.17) is 4.74 Å². The van der Waals surface area contributed by atoms with E-state index in [1.807, 2.05) is 18.3 Å².